The summed E-state index contributed by atoms with van der Waals surface area (Å²) in [4.78, 5) is 0. The molecule has 0 aromatic rings. The molecule has 0 aromatic heterocycles. The quantitative estimate of drug-likeness (QED) is 0.616. The minimum Gasteiger partial charge on any atom is -0.381 e. The van der Waals surface area contributed by atoms with Crippen LogP contribution in [0.5, 0.6) is 0 Å². The highest BCUT2D eigenvalue weighted by Crippen LogP contribution is 2.47. The molecule has 0 radical (unpaired) electrons. The van der Waals surface area contributed by atoms with Gasteiger partial charge in [-0.05, 0) is 49.9 Å². The van der Waals surface area contributed by atoms with Gasteiger partial charge in [0.05, 0.1) is 5.60 Å². The van der Waals surface area contributed by atoms with Crippen molar-refractivity contribution in [3.63, 3.8) is 0 Å². The highest BCUT2D eigenvalue weighted by atomic mass is 16.5. The monoisotopic (exact) mass is 282 g/mol. The summed E-state index contributed by atoms with van der Waals surface area (Å²) in [5.41, 5.74) is 3.64. The second kappa shape index (κ2) is 5.91. The number of nitrogens with two attached hydrogens (primary N) is 1. The summed E-state index contributed by atoms with van der Waals surface area (Å²) in [5.74, 6) is 6.62. The van der Waals surface area contributed by atoms with Crippen LogP contribution in [0, 0.1) is 11.3 Å². The van der Waals surface area contributed by atoms with E-state index in [2.05, 4.69) is 12.3 Å². The van der Waals surface area contributed by atoms with Crippen LogP contribution in [0.2, 0.25) is 0 Å². The van der Waals surface area contributed by atoms with Crippen LogP contribution in [0.15, 0.2) is 0 Å². The van der Waals surface area contributed by atoms with Gasteiger partial charge in [-0.3, -0.25) is 11.3 Å². The molecule has 0 amide bonds. The normalized spacial score (nSPS) is 34.2. The van der Waals surface area contributed by atoms with E-state index in [4.69, 9.17) is 15.3 Å². The molecule has 2 aliphatic heterocycles. The number of hydrazine groups is 1. The van der Waals surface area contributed by atoms with Gasteiger partial charge >= 0.3 is 0 Å². The zero-order valence-electron chi connectivity index (χ0n) is 12.8. The molecule has 4 heteroatoms. The van der Waals surface area contributed by atoms with Gasteiger partial charge in [-0.15, -0.1) is 0 Å². The van der Waals surface area contributed by atoms with Crippen molar-refractivity contribution in [2.75, 3.05) is 19.8 Å². The van der Waals surface area contributed by atoms with Gasteiger partial charge < -0.3 is 9.47 Å². The van der Waals surface area contributed by atoms with Crippen molar-refractivity contribution in [3.05, 3.63) is 0 Å². The molecule has 1 spiro atoms. The van der Waals surface area contributed by atoms with E-state index in [1.807, 2.05) is 0 Å². The van der Waals surface area contributed by atoms with E-state index in [1.165, 1.54) is 25.7 Å². The fourth-order valence-electron chi connectivity index (χ4n) is 4.84. The van der Waals surface area contributed by atoms with Gasteiger partial charge in [0.1, 0.15) is 0 Å². The number of ether oxygens (including phenoxy) is 2. The Morgan fingerprint density at radius 1 is 1.10 bits per heavy atom. The molecule has 0 aromatic carbocycles. The third-order valence-electron chi connectivity index (χ3n) is 6.08. The zero-order valence-corrected chi connectivity index (χ0v) is 12.8. The third kappa shape index (κ3) is 2.76. The lowest BCUT2D eigenvalue weighted by Gasteiger charge is -2.48. The first-order chi connectivity index (χ1) is 9.68. The van der Waals surface area contributed by atoms with Crippen molar-refractivity contribution >= 4 is 0 Å². The van der Waals surface area contributed by atoms with Crippen LogP contribution in [0.4, 0.5) is 0 Å². The zero-order chi connectivity index (χ0) is 14.1. The van der Waals surface area contributed by atoms with Gasteiger partial charge in [-0.1, -0.05) is 19.8 Å². The first-order valence-corrected chi connectivity index (χ1v) is 8.35. The van der Waals surface area contributed by atoms with Crippen LogP contribution in [-0.4, -0.2) is 31.5 Å². The summed E-state index contributed by atoms with van der Waals surface area (Å²) in [6.07, 6.45) is 9.75. The van der Waals surface area contributed by atoms with Crippen molar-refractivity contribution in [2.24, 2.45) is 17.2 Å². The highest BCUT2D eigenvalue weighted by molar-refractivity contribution is 4.99. The van der Waals surface area contributed by atoms with E-state index < -0.39 is 0 Å². The van der Waals surface area contributed by atoms with Crippen molar-refractivity contribution in [2.45, 2.75) is 69.9 Å². The summed E-state index contributed by atoms with van der Waals surface area (Å²) < 4.78 is 11.7. The minimum atomic E-state index is 0.0746. The van der Waals surface area contributed by atoms with E-state index in [9.17, 15) is 0 Å². The predicted octanol–water partition coefficient (Wildman–Crippen LogP) is 2.37. The van der Waals surface area contributed by atoms with Crippen molar-refractivity contribution in [1.29, 1.82) is 0 Å². The topological polar surface area (TPSA) is 56.5 Å². The van der Waals surface area contributed by atoms with Crippen molar-refractivity contribution < 1.29 is 9.47 Å². The Morgan fingerprint density at radius 2 is 1.80 bits per heavy atom. The van der Waals surface area contributed by atoms with Crippen LogP contribution in [0.1, 0.15) is 58.3 Å². The molecule has 116 valence electrons. The van der Waals surface area contributed by atoms with Gasteiger partial charge in [-0.25, -0.2) is 0 Å². The number of hydrogen-bond acceptors (Lipinski definition) is 4. The summed E-state index contributed by atoms with van der Waals surface area (Å²) in [5, 5.41) is 0. The largest absolute Gasteiger partial charge is 0.381 e. The summed E-state index contributed by atoms with van der Waals surface area (Å²) >= 11 is 0. The Kier molecular flexibility index (Phi) is 4.37. The molecular formula is C16H30N2O2. The number of rotatable bonds is 3. The molecule has 2 saturated heterocycles. The number of nitrogens with one attached hydrogen (secondary N) is 1. The Labute approximate surface area is 122 Å². The van der Waals surface area contributed by atoms with Gasteiger partial charge in [-0.2, -0.15) is 0 Å². The van der Waals surface area contributed by atoms with Crippen LogP contribution >= 0.6 is 0 Å². The average Bonchev–Trinajstić information content (AvgIpc) is 2.88. The smallest absolute Gasteiger partial charge is 0.0729 e. The molecule has 3 fully saturated rings. The van der Waals surface area contributed by atoms with E-state index in [0.29, 0.717) is 17.4 Å². The van der Waals surface area contributed by atoms with E-state index in [1.54, 1.807) is 0 Å². The summed E-state index contributed by atoms with van der Waals surface area (Å²) in [6.45, 7) is 5.02. The maximum atomic E-state index is 6.18. The predicted molar refractivity (Wildman–Crippen MR) is 79.1 cm³/mol. The Bertz CT molecular complexity index is 317. The fraction of sp³-hybridized carbons (Fsp3) is 1.00. The number of hydrogen-bond donors (Lipinski definition) is 2. The first-order valence-electron chi connectivity index (χ1n) is 8.35. The molecular weight excluding hydrogens is 252 g/mol. The van der Waals surface area contributed by atoms with Crippen LogP contribution < -0.4 is 11.3 Å². The standard InChI is InChI=1S/C16H30N2O2/c1-15(5-2-3-6-15)14(18-17)13-4-9-20-16(12-13)7-10-19-11-8-16/h13-14,18H,2-12,17H2,1H3. The second-order valence-electron chi connectivity index (χ2n) is 7.40. The van der Waals surface area contributed by atoms with Gasteiger partial charge in [0.2, 0.25) is 0 Å². The van der Waals surface area contributed by atoms with Gasteiger partial charge in [0.25, 0.3) is 0 Å². The van der Waals surface area contributed by atoms with Gasteiger partial charge in [0.15, 0.2) is 0 Å². The van der Waals surface area contributed by atoms with Crippen LogP contribution in [0.3, 0.4) is 0 Å². The SMILES string of the molecule is CC1(C(NN)C2CCOC3(CCOCC3)C2)CCCC1. The average molecular weight is 282 g/mol. The van der Waals surface area contributed by atoms with Crippen LogP contribution in [-0.2, 0) is 9.47 Å². The van der Waals surface area contributed by atoms with Gasteiger partial charge in [0, 0.05) is 25.9 Å². The molecule has 2 heterocycles. The molecule has 1 aliphatic carbocycles. The minimum absolute atomic E-state index is 0.0746. The molecule has 20 heavy (non-hydrogen) atoms. The van der Waals surface area contributed by atoms with Crippen molar-refractivity contribution in [3.8, 4) is 0 Å². The van der Waals surface area contributed by atoms with E-state index in [-0.39, 0.29) is 5.60 Å². The molecule has 2 unspecified atom stereocenters. The molecule has 3 aliphatic rings. The fourth-order valence-corrected chi connectivity index (χ4v) is 4.84. The second-order valence-corrected chi connectivity index (χ2v) is 7.40. The molecule has 2 atom stereocenters. The molecule has 4 nitrogen and oxygen atoms in total. The summed E-state index contributed by atoms with van der Waals surface area (Å²) in [6, 6.07) is 0.439. The molecule has 0 bridgehead atoms. The maximum Gasteiger partial charge on any atom is 0.0729 e. The van der Waals surface area contributed by atoms with Crippen LogP contribution in [0.25, 0.3) is 0 Å². The molecule has 3 rings (SSSR count). The Balaban J connectivity index is 1.71. The van der Waals surface area contributed by atoms with Crippen molar-refractivity contribution in [1.82, 2.24) is 5.43 Å². The summed E-state index contributed by atoms with van der Waals surface area (Å²) in [7, 11) is 0. The van der Waals surface area contributed by atoms with E-state index in [0.717, 1.165) is 45.5 Å². The Hall–Kier alpha value is -0.160. The lowest BCUT2D eigenvalue weighted by molar-refractivity contribution is -0.154. The first kappa shape index (κ1) is 14.8. The maximum absolute atomic E-state index is 6.18. The third-order valence-corrected chi connectivity index (χ3v) is 6.08. The highest BCUT2D eigenvalue weighted by Gasteiger charge is 2.46. The molecule has 1 saturated carbocycles. The Morgan fingerprint density at radius 3 is 2.45 bits per heavy atom. The lowest BCUT2D eigenvalue weighted by Crippen LogP contribution is -2.55. The van der Waals surface area contributed by atoms with E-state index >= 15 is 0 Å². The lowest BCUT2D eigenvalue weighted by atomic mass is 9.68. The molecule has 3 N–H and O–H groups in total.